The standard InChI is InChI=1S/C17H18N4O4/c1-22-10-5-6-11(12(7-10)23-2)13-15(8-18)14(20)21-17(24-3,25-4)16(13,15)9-19/h5-7,13H,1-4H3,(H2,20,21)/t13-,15-,16+/m0/s1. The van der Waals surface area contributed by atoms with E-state index in [9.17, 15) is 10.5 Å². The van der Waals surface area contributed by atoms with Gasteiger partial charge in [0.2, 0.25) is 0 Å². The van der Waals surface area contributed by atoms with Crippen molar-refractivity contribution in [1.29, 1.82) is 10.5 Å². The summed E-state index contributed by atoms with van der Waals surface area (Å²) in [7, 11) is 5.78. The van der Waals surface area contributed by atoms with Crippen LogP contribution in [-0.4, -0.2) is 40.2 Å². The van der Waals surface area contributed by atoms with E-state index in [4.69, 9.17) is 24.7 Å². The van der Waals surface area contributed by atoms with Crippen LogP contribution in [0.25, 0.3) is 0 Å². The van der Waals surface area contributed by atoms with Crippen molar-refractivity contribution in [2.75, 3.05) is 28.4 Å². The summed E-state index contributed by atoms with van der Waals surface area (Å²) in [5.41, 5.74) is 3.96. The molecule has 0 saturated heterocycles. The minimum atomic E-state index is -1.66. The van der Waals surface area contributed by atoms with Crippen LogP contribution in [0.15, 0.2) is 23.2 Å². The van der Waals surface area contributed by atoms with Crippen LogP contribution < -0.4 is 15.2 Å². The maximum Gasteiger partial charge on any atom is 0.292 e. The highest BCUT2D eigenvalue weighted by atomic mass is 16.7. The third-order valence-electron chi connectivity index (χ3n) is 5.23. The Hall–Kier alpha value is -2.81. The fourth-order valence-electron chi connectivity index (χ4n) is 4.04. The van der Waals surface area contributed by atoms with E-state index in [0.29, 0.717) is 17.1 Å². The van der Waals surface area contributed by atoms with Crippen molar-refractivity contribution in [3.05, 3.63) is 23.8 Å². The van der Waals surface area contributed by atoms with Crippen LogP contribution in [0.5, 0.6) is 11.5 Å². The molecule has 1 aromatic rings. The molecule has 2 aliphatic rings. The molecule has 2 N–H and O–H groups in total. The Kier molecular flexibility index (Phi) is 3.64. The lowest BCUT2D eigenvalue weighted by molar-refractivity contribution is -0.230. The second-order valence-corrected chi connectivity index (χ2v) is 5.87. The van der Waals surface area contributed by atoms with Gasteiger partial charge in [-0.2, -0.15) is 10.5 Å². The molecular weight excluding hydrogens is 324 g/mol. The summed E-state index contributed by atoms with van der Waals surface area (Å²) >= 11 is 0. The highest BCUT2D eigenvalue weighted by molar-refractivity contribution is 6.00. The highest BCUT2D eigenvalue weighted by Gasteiger charge is 2.93. The molecule has 0 aromatic heterocycles. The number of hydrogen-bond donors (Lipinski definition) is 1. The average Bonchev–Trinajstić information content (AvgIpc) is 3.22. The number of hydrogen-bond acceptors (Lipinski definition) is 8. The fourth-order valence-corrected chi connectivity index (χ4v) is 4.04. The number of nitriles is 2. The molecule has 3 atom stereocenters. The average molecular weight is 342 g/mol. The van der Waals surface area contributed by atoms with Gasteiger partial charge in [0.1, 0.15) is 22.7 Å². The number of ether oxygens (including phenoxy) is 4. The number of nitrogens with zero attached hydrogens (tertiary/aromatic N) is 3. The Morgan fingerprint density at radius 2 is 1.76 bits per heavy atom. The summed E-state index contributed by atoms with van der Waals surface area (Å²) in [6.07, 6.45) is 0. The number of fused-ring (bicyclic) bond motifs is 1. The van der Waals surface area contributed by atoms with Gasteiger partial charge in [-0.1, -0.05) is 6.07 Å². The molecular formula is C17H18N4O4. The molecule has 8 nitrogen and oxygen atoms in total. The normalized spacial score (nSPS) is 31.3. The van der Waals surface area contributed by atoms with Gasteiger partial charge in [-0.25, -0.2) is 4.99 Å². The number of amidine groups is 1. The Morgan fingerprint density at radius 1 is 1.08 bits per heavy atom. The first-order valence-electron chi connectivity index (χ1n) is 7.49. The summed E-state index contributed by atoms with van der Waals surface area (Å²) in [6, 6.07) is 9.56. The van der Waals surface area contributed by atoms with Crippen LogP contribution in [0, 0.1) is 33.5 Å². The largest absolute Gasteiger partial charge is 0.497 e. The topological polar surface area (TPSA) is 123 Å². The van der Waals surface area contributed by atoms with E-state index >= 15 is 0 Å². The lowest BCUT2D eigenvalue weighted by atomic mass is 9.93. The Balaban J connectivity index is 2.25. The number of benzene rings is 1. The zero-order valence-corrected chi connectivity index (χ0v) is 14.4. The Bertz CT molecular complexity index is 836. The van der Waals surface area contributed by atoms with Crippen molar-refractivity contribution in [2.45, 2.75) is 11.8 Å². The van der Waals surface area contributed by atoms with Gasteiger partial charge in [-0.05, 0) is 6.07 Å². The molecule has 0 amide bonds. The first-order valence-corrected chi connectivity index (χ1v) is 7.49. The second-order valence-electron chi connectivity index (χ2n) is 5.87. The van der Waals surface area contributed by atoms with E-state index in [1.807, 2.05) is 0 Å². The maximum absolute atomic E-state index is 10.0. The summed E-state index contributed by atoms with van der Waals surface area (Å²) in [5, 5.41) is 19.9. The van der Waals surface area contributed by atoms with E-state index in [-0.39, 0.29) is 5.84 Å². The van der Waals surface area contributed by atoms with E-state index < -0.39 is 22.7 Å². The van der Waals surface area contributed by atoms with Crippen molar-refractivity contribution in [3.8, 4) is 23.6 Å². The van der Waals surface area contributed by atoms with Crippen LogP contribution in [0.2, 0.25) is 0 Å². The van der Waals surface area contributed by atoms with Gasteiger partial charge in [0.25, 0.3) is 5.91 Å². The van der Waals surface area contributed by atoms with Gasteiger partial charge in [-0.3, -0.25) is 0 Å². The number of rotatable bonds is 5. The molecule has 1 aromatic carbocycles. The second kappa shape index (κ2) is 5.35. The lowest BCUT2D eigenvalue weighted by Gasteiger charge is -2.29. The molecule has 0 spiro atoms. The zero-order chi connectivity index (χ0) is 18.5. The monoisotopic (exact) mass is 342 g/mol. The Labute approximate surface area is 145 Å². The maximum atomic E-state index is 10.0. The third kappa shape index (κ3) is 1.63. The van der Waals surface area contributed by atoms with Gasteiger partial charge in [0.15, 0.2) is 5.41 Å². The SMILES string of the molecule is COc1ccc([C@@H]2[C@@]3(C#N)C(OC)(OC)N=C(N)[C@]23C#N)c(OC)c1. The smallest absolute Gasteiger partial charge is 0.292 e. The molecule has 1 fully saturated rings. The van der Waals surface area contributed by atoms with E-state index in [2.05, 4.69) is 17.1 Å². The van der Waals surface area contributed by atoms with Crippen LogP contribution >= 0.6 is 0 Å². The molecule has 0 bridgehead atoms. The molecule has 0 unspecified atom stereocenters. The van der Waals surface area contributed by atoms with Crippen molar-refractivity contribution < 1.29 is 18.9 Å². The van der Waals surface area contributed by atoms with E-state index in [1.165, 1.54) is 21.3 Å². The minimum Gasteiger partial charge on any atom is -0.497 e. The van der Waals surface area contributed by atoms with E-state index in [0.717, 1.165) is 0 Å². The van der Waals surface area contributed by atoms with Crippen LogP contribution in [0.1, 0.15) is 11.5 Å². The molecule has 1 aliphatic heterocycles. The molecule has 1 heterocycles. The fraction of sp³-hybridized carbons (Fsp3) is 0.471. The number of nitrogens with two attached hydrogens (primary N) is 1. The first-order chi connectivity index (χ1) is 12.0. The number of aliphatic imine (C=N–C) groups is 1. The Morgan fingerprint density at radius 3 is 2.24 bits per heavy atom. The van der Waals surface area contributed by atoms with E-state index in [1.54, 1.807) is 25.3 Å². The van der Waals surface area contributed by atoms with Crippen LogP contribution in [-0.2, 0) is 9.47 Å². The molecule has 1 saturated carbocycles. The quantitative estimate of drug-likeness (QED) is 0.796. The predicted molar refractivity (Wildman–Crippen MR) is 86.8 cm³/mol. The summed E-state index contributed by atoms with van der Waals surface area (Å²) in [6.45, 7) is 0. The molecule has 3 rings (SSSR count). The van der Waals surface area contributed by atoms with Crippen LogP contribution in [0.3, 0.4) is 0 Å². The molecule has 8 heteroatoms. The van der Waals surface area contributed by atoms with Crippen LogP contribution in [0.4, 0.5) is 0 Å². The van der Waals surface area contributed by atoms with Crippen molar-refractivity contribution in [2.24, 2.45) is 21.6 Å². The van der Waals surface area contributed by atoms with Crippen molar-refractivity contribution in [1.82, 2.24) is 0 Å². The molecule has 25 heavy (non-hydrogen) atoms. The molecule has 130 valence electrons. The third-order valence-corrected chi connectivity index (χ3v) is 5.23. The summed E-state index contributed by atoms with van der Waals surface area (Å²) in [5.74, 6) is -1.18. The molecule has 0 radical (unpaired) electrons. The van der Waals surface area contributed by atoms with Gasteiger partial charge in [0, 0.05) is 31.8 Å². The van der Waals surface area contributed by atoms with Crippen molar-refractivity contribution in [3.63, 3.8) is 0 Å². The first kappa shape index (κ1) is 17.0. The zero-order valence-electron chi connectivity index (χ0n) is 14.4. The summed E-state index contributed by atoms with van der Waals surface area (Å²) in [4.78, 5) is 4.18. The minimum absolute atomic E-state index is 0.0168. The molecule has 1 aliphatic carbocycles. The number of methoxy groups -OCH3 is 4. The summed E-state index contributed by atoms with van der Waals surface area (Å²) < 4.78 is 21.5. The van der Waals surface area contributed by atoms with Gasteiger partial charge >= 0.3 is 0 Å². The lowest BCUT2D eigenvalue weighted by Crippen LogP contribution is -2.41. The highest BCUT2D eigenvalue weighted by Crippen LogP contribution is 2.82. The van der Waals surface area contributed by atoms with Crippen molar-refractivity contribution >= 4 is 5.84 Å². The van der Waals surface area contributed by atoms with Gasteiger partial charge in [-0.15, -0.1) is 0 Å². The predicted octanol–water partition coefficient (Wildman–Crippen LogP) is 1.14. The van der Waals surface area contributed by atoms with Gasteiger partial charge < -0.3 is 24.7 Å². The van der Waals surface area contributed by atoms with Gasteiger partial charge in [0.05, 0.1) is 26.4 Å².